The third kappa shape index (κ3) is 6.23. The van der Waals surface area contributed by atoms with Gasteiger partial charge in [0.05, 0.1) is 6.10 Å². The number of rotatable bonds is 5. The van der Waals surface area contributed by atoms with Crippen LogP contribution in [0.1, 0.15) is 32.1 Å². The molecule has 0 aliphatic rings. The van der Waals surface area contributed by atoms with E-state index in [1.54, 1.807) is 11.3 Å². The Bertz CT molecular complexity index is 262. The topological polar surface area (TPSA) is 20.2 Å². The predicted molar refractivity (Wildman–Crippen MR) is 70.9 cm³/mol. The van der Waals surface area contributed by atoms with Gasteiger partial charge < -0.3 is 5.11 Å². The summed E-state index contributed by atoms with van der Waals surface area (Å²) in [5.41, 5.74) is 0. The van der Waals surface area contributed by atoms with Gasteiger partial charge in [0.25, 0.3) is 0 Å². The zero-order valence-corrected chi connectivity index (χ0v) is 11.3. The van der Waals surface area contributed by atoms with Crippen molar-refractivity contribution in [1.29, 1.82) is 0 Å². The van der Waals surface area contributed by atoms with Gasteiger partial charge in [-0.2, -0.15) is 11.8 Å². The molecule has 0 aliphatic carbocycles. The highest BCUT2D eigenvalue weighted by atomic mass is 32.2. The zero-order valence-electron chi connectivity index (χ0n) is 9.69. The standard InChI is InChI=1S/C12H20OS2/c1-12(2,3)15-9-10(13)6-7-11-5-4-8-14-11/h4-5,8,10,13H,6-7,9H2,1-3H3. The van der Waals surface area contributed by atoms with E-state index in [-0.39, 0.29) is 10.9 Å². The first-order chi connectivity index (χ1) is 6.97. The number of aliphatic hydroxyl groups is 1. The molecule has 86 valence electrons. The molecular weight excluding hydrogens is 224 g/mol. The lowest BCUT2D eigenvalue weighted by Gasteiger charge is -2.19. The van der Waals surface area contributed by atoms with Gasteiger partial charge in [0, 0.05) is 15.4 Å². The molecule has 0 amide bonds. The van der Waals surface area contributed by atoms with Crippen LogP contribution in [0.25, 0.3) is 0 Å². The molecule has 0 spiro atoms. The molecule has 0 saturated carbocycles. The van der Waals surface area contributed by atoms with Gasteiger partial charge in [-0.05, 0) is 24.3 Å². The molecular formula is C12H20OS2. The van der Waals surface area contributed by atoms with Gasteiger partial charge in [-0.3, -0.25) is 0 Å². The van der Waals surface area contributed by atoms with E-state index in [0.717, 1.165) is 18.6 Å². The van der Waals surface area contributed by atoms with Crippen molar-refractivity contribution in [3.63, 3.8) is 0 Å². The second-order valence-electron chi connectivity index (χ2n) is 4.70. The Morgan fingerprint density at radius 3 is 2.73 bits per heavy atom. The van der Waals surface area contributed by atoms with E-state index in [4.69, 9.17) is 0 Å². The molecule has 1 N–H and O–H groups in total. The Labute approximate surface area is 101 Å². The fourth-order valence-electron chi connectivity index (χ4n) is 1.19. The van der Waals surface area contributed by atoms with Crippen molar-refractivity contribution in [2.24, 2.45) is 0 Å². The van der Waals surface area contributed by atoms with Crippen molar-refractivity contribution in [3.8, 4) is 0 Å². The van der Waals surface area contributed by atoms with Crippen LogP contribution >= 0.6 is 23.1 Å². The van der Waals surface area contributed by atoms with Crippen LogP contribution in [0, 0.1) is 0 Å². The Morgan fingerprint density at radius 2 is 2.20 bits per heavy atom. The van der Waals surface area contributed by atoms with E-state index < -0.39 is 0 Å². The molecule has 1 rings (SSSR count). The number of aryl methyl sites for hydroxylation is 1. The zero-order chi connectivity index (χ0) is 11.3. The fraction of sp³-hybridized carbons (Fsp3) is 0.667. The van der Waals surface area contributed by atoms with Crippen LogP contribution < -0.4 is 0 Å². The first-order valence-corrected chi connectivity index (χ1v) is 7.18. The molecule has 1 atom stereocenters. The molecule has 1 aromatic rings. The number of thioether (sulfide) groups is 1. The van der Waals surface area contributed by atoms with Gasteiger partial charge in [0.2, 0.25) is 0 Å². The largest absolute Gasteiger partial charge is 0.392 e. The van der Waals surface area contributed by atoms with Crippen molar-refractivity contribution < 1.29 is 5.11 Å². The SMILES string of the molecule is CC(C)(C)SCC(O)CCc1cccs1. The quantitative estimate of drug-likeness (QED) is 0.854. The average molecular weight is 244 g/mol. The molecule has 15 heavy (non-hydrogen) atoms. The fourth-order valence-corrected chi connectivity index (χ4v) is 2.78. The molecule has 0 saturated heterocycles. The van der Waals surface area contributed by atoms with Crippen molar-refractivity contribution >= 4 is 23.1 Å². The van der Waals surface area contributed by atoms with Crippen molar-refractivity contribution in [3.05, 3.63) is 22.4 Å². The third-order valence-corrected chi connectivity index (χ3v) is 4.37. The van der Waals surface area contributed by atoms with Crippen LogP contribution in [0.2, 0.25) is 0 Å². The molecule has 0 aromatic carbocycles. The summed E-state index contributed by atoms with van der Waals surface area (Å²) >= 11 is 3.60. The first-order valence-electron chi connectivity index (χ1n) is 5.32. The van der Waals surface area contributed by atoms with Crippen LogP contribution in [0.4, 0.5) is 0 Å². The first kappa shape index (κ1) is 13.1. The molecule has 1 aromatic heterocycles. The minimum Gasteiger partial charge on any atom is -0.392 e. The van der Waals surface area contributed by atoms with E-state index in [0.29, 0.717) is 0 Å². The summed E-state index contributed by atoms with van der Waals surface area (Å²) < 4.78 is 0.254. The van der Waals surface area contributed by atoms with Crippen LogP contribution in [-0.4, -0.2) is 21.7 Å². The van der Waals surface area contributed by atoms with Gasteiger partial charge in [-0.15, -0.1) is 11.3 Å². The van der Waals surface area contributed by atoms with Crippen molar-refractivity contribution in [1.82, 2.24) is 0 Å². The second kappa shape index (κ2) is 5.92. The van der Waals surface area contributed by atoms with Crippen molar-refractivity contribution in [2.75, 3.05) is 5.75 Å². The number of hydrogen-bond acceptors (Lipinski definition) is 3. The third-order valence-electron chi connectivity index (χ3n) is 2.01. The molecule has 0 bridgehead atoms. The van der Waals surface area contributed by atoms with E-state index in [9.17, 15) is 5.11 Å². The predicted octanol–water partition coefficient (Wildman–Crippen LogP) is 3.57. The molecule has 0 aliphatic heterocycles. The molecule has 3 heteroatoms. The van der Waals surface area contributed by atoms with Crippen LogP contribution in [0.3, 0.4) is 0 Å². The molecule has 0 fully saturated rings. The minimum absolute atomic E-state index is 0.170. The summed E-state index contributed by atoms with van der Waals surface area (Å²) in [7, 11) is 0. The summed E-state index contributed by atoms with van der Waals surface area (Å²) in [6, 6.07) is 4.20. The normalized spacial score (nSPS) is 14.1. The summed E-state index contributed by atoms with van der Waals surface area (Å²) in [6.45, 7) is 6.55. The number of aliphatic hydroxyl groups excluding tert-OH is 1. The summed E-state index contributed by atoms with van der Waals surface area (Å²) in [5, 5.41) is 11.9. The Hall–Kier alpha value is 0.01000. The Kier molecular flexibility index (Phi) is 5.16. The lowest BCUT2D eigenvalue weighted by Crippen LogP contribution is -2.17. The smallest absolute Gasteiger partial charge is 0.0634 e. The highest BCUT2D eigenvalue weighted by Crippen LogP contribution is 2.24. The van der Waals surface area contributed by atoms with Gasteiger partial charge in [-0.25, -0.2) is 0 Å². The summed E-state index contributed by atoms with van der Waals surface area (Å²) in [5.74, 6) is 0.842. The number of thiophene rings is 1. The van der Waals surface area contributed by atoms with Crippen molar-refractivity contribution in [2.45, 2.75) is 44.5 Å². The van der Waals surface area contributed by atoms with E-state index >= 15 is 0 Å². The Morgan fingerprint density at radius 1 is 1.47 bits per heavy atom. The maximum Gasteiger partial charge on any atom is 0.0634 e. The maximum atomic E-state index is 9.80. The average Bonchev–Trinajstić information content (AvgIpc) is 2.62. The molecule has 1 heterocycles. The maximum absolute atomic E-state index is 9.80. The number of hydrogen-bond donors (Lipinski definition) is 1. The highest BCUT2D eigenvalue weighted by molar-refractivity contribution is 8.00. The Balaban J connectivity index is 2.16. The van der Waals surface area contributed by atoms with Gasteiger partial charge >= 0.3 is 0 Å². The van der Waals surface area contributed by atoms with Gasteiger partial charge in [-0.1, -0.05) is 26.8 Å². The highest BCUT2D eigenvalue weighted by Gasteiger charge is 2.13. The summed E-state index contributed by atoms with van der Waals surface area (Å²) in [6.07, 6.45) is 1.71. The van der Waals surface area contributed by atoms with Gasteiger partial charge in [0.1, 0.15) is 0 Å². The molecule has 0 radical (unpaired) electrons. The van der Waals surface area contributed by atoms with Crippen LogP contribution in [0.15, 0.2) is 17.5 Å². The minimum atomic E-state index is -0.170. The van der Waals surface area contributed by atoms with Gasteiger partial charge in [0.15, 0.2) is 0 Å². The monoisotopic (exact) mass is 244 g/mol. The van der Waals surface area contributed by atoms with Crippen LogP contribution in [-0.2, 0) is 6.42 Å². The summed E-state index contributed by atoms with van der Waals surface area (Å²) in [4.78, 5) is 1.37. The van der Waals surface area contributed by atoms with E-state index in [1.807, 2.05) is 11.8 Å². The lowest BCUT2D eigenvalue weighted by molar-refractivity contribution is 0.189. The molecule has 1 unspecified atom stereocenters. The van der Waals surface area contributed by atoms with E-state index in [1.165, 1.54) is 4.88 Å². The lowest BCUT2D eigenvalue weighted by atomic mass is 10.2. The second-order valence-corrected chi connectivity index (χ2v) is 7.57. The molecule has 1 nitrogen and oxygen atoms in total. The van der Waals surface area contributed by atoms with E-state index in [2.05, 4.69) is 38.3 Å². The van der Waals surface area contributed by atoms with Crippen LogP contribution in [0.5, 0.6) is 0 Å².